The van der Waals surface area contributed by atoms with Crippen LogP contribution in [0.5, 0.6) is 0 Å². The van der Waals surface area contributed by atoms with Crippen LogP contribution in [0.25, 0.3) is 0 Å². The summed E-state index contributed by atoms with van der Waals surface area (Å²) in [6, 6.07) is 1.93. The van der Waals surface area contributed by atoms with E-state index in [0.29, 0.717) is 17.7 Å². The van der Waals surface area contributed by atoms with Gasteiger partial charge >= 0.3 is 5.97 Å². The second-order valence-electron chi connectivity index (χ2n) is 6.03. The summed E-state index contributed by atoms with van der Waals surface area (Å²) < 4.78 is 5.08. The molecule has 1 aromatic rings. The van der Waals surface area contributed by atoms with Crippen LogP contribution in [0.15, 0.2) is 28.1 Å². The van der Waals surface area contributed by atoms with Gasteiger partial charge in [-0.05, 0) is 41.7 Å². The third-order valence-corrected chi connectivity index (χ3v) is 5.18. The van der Waals surface area contributed by atoms with E-state index in [1.807, 2.05) is 23.8 Å². The molecule has 1 aliphatic carbocycles. The number of Topliss-reactive ketones (excluding diaryl/α,β-unsaturated/α-hetero) is 1. The molecule has 5 nitrogen and oxygen atoms in total. The minimum absolute atomic E-state index is 0.0745. The second-order valence-corrected chi connectivity index (χ2v) is 6.81. The van der Waals surface area contributed by atoms with Gasteiger partial charge in [-0.15, -0.1) is 0 Å². The Labute approximate surface area is 138 Å². The number of ether oxygens (including phenoxy) is 1. The first kappa shape index (κ1) is 15.9. The maximum atomic E-state index is 13.0. The van der Waals surface area contributed by atoms with Crippen LogP contribution in [0.1, 0.15) is 38.2 Å². The van der Waals surface area contributed by atoms with E-state index in [1.165, 1.54) is 11.3 Å². The number of carbonyl (C=O) groups is 3. The Morgan fingerprint density at radius 3 is 2.83 bits per heavy atom. The number of thiophene rings is 1. The van der Waals surface area contributed by atoms with Crippen molar-refractivity contribution in [3.05, 3.63) is 33.7 Å². The first-order chi connectivity index (χ1) is 11.0. The molecule has 1 amide bonds. The summed E-state index contributed by atoms with van der Waals surface area (Å²) >= 11 is 1.53. The summed E-state index contributed by atoms with van der Waals surface area (Å²) in [6.07, 6.45) is 0.752. The summed E-state index contributed by atoms with van der Waals surface area (Å²) in [6.45, 7) is 3.84. The van der Waals surface area contributed by atoms with Gasteiger partial charge in [0.25, 0.3) is 0 Å². The summed E-state index contributed by atoms with van der Waals surface area (Å²) in [7, 11) is 0. The van der Waals surface area contributed by atoms with Crippen molar-refractivity contribution in [3.8, 4) is 0 Å². The van der Waals surface area contributed by atoms with Gasteiger partial charge in [0.2, 0.25) is 5.91 Å². The molecule has 0 radical (unpaired) electrons. The Hall–Kier alpha value is -1.95. The predicted octanol–water partition coefficient (Wildman–Crippen LogP) is 2.39. The van der Waals surface area contributed by atoms with E-state index in [9.17, 15) is 14.4 Å². The van der Waals surface area contributed by atoms with Crippen molar-refractivity contribution < 1.29 is 19.1 Å². The third kappa shape index (κ3) is 2.83. The Morgan fingerprint density at radius 2 is 2.17 bits per heavy atom. The SMILES string of the molecule is CCOC(=O)C1C(=O)C2=C(CC1C)NC(=O)CC2c1ccsc1. The zero-order chi connectivity index (χ0) is 16.6. The van der Waals surface area contributed by atoms with Gasteiger partial charge in [-0.25, -0.2) is 0 Å². The quantitative estimate of drug-likeness (QED) is 0.681. The van der Waals surface area contributed by atoms with E-state index < -0.39 is 11.9 Å². The van der Waals surface area contributed by atoms with Crippen LogP contribution in [0.2, 0.25) is 0 Å². The highest BCUT2D eigenvalue weighted by Gasteiger charge is 2.45. The van der Waals surface area contributed by atoms with Gasteiger partial charge in [-0.2, -0.15) is 11.3 Å². The summed E-state index contributed by atoms with van der Waals surface area (Å²) in [5.41, 5.74) is 2.22. The number of rotatable bonds is 3. The zero-order valence-electron chi connectivity index (χ0n) is 13.1. The van der Waals surface area contributed by atoms with Gasteiger partial charge in [-0.1, -0.05) is 6.92 Å². The molecule has 6 heteroatoms. The molecule has 3 unspecified atom stereocenters. The maximum absolute atomic E-state index is 13.0. The number of hydrogen-bond donors (Lipinski definition) is 1. The fourth-order valence-electron chi connectivity index (χ4n) is 3.46. The number of amides is 1. The van der Waals surface area contributed by atoms with Crippen molar-refractivity contribution in [2.75, 3.05) is 6.61 Å². The van der Waals surface area contributed by atoms with Gasteiger partial charge < -0.3 is 10.1 Å². The van der Waals surface area contributed by atoms with Crippen LogP contribution in [0.4, 0.5) is 0 Å². The molecule has 3 rings (SSSR count). The fourth-order valence-corrected chi connectivity index (χ4v) is 4.18. The molecule has 0 saturated heterocycles. The Kier molecular flexibility index (Phi) is 4.35. The van der Waals surface area contributed by atoms with E-state index in [-0.39, 0.29) is 36.6 Å². The average Bonchev–Trinajstić information content (AvgIpc) is 3.00. The first-order valence-corrected chi connectivity index (χ1v) is 8.73. The molecule has 1 aromatic heterocycles. The first-order valence-electron chi connectivity index (χ1n) is 7.78. The summed E-state index contributed by atoms with van der Waals surface area (Å²) in [5, 5.41) is 6.72. The van der Waals surface area contributed by atoms with Crippen LogP contribution < -0.4 is 5.32 Å². The van der Waals surface area contributed by atoms with E-state index >= 15 is 0 Å². The van der Waals surface area contributed by atoms with Gasteiger partial charge in [-0.3, -0.25) is 14.4 Å². The molecular formula is C17H19NO4S. The van der Waals surface area contributed by atoms with Crippen LogP contribution in [-0.2, 0) is 19.1 Å². The molecule has 2 heterocycles. The van der Waals surface area contributed by atoms with Gasteiger partial charge in [0, 0.05) is 23.6 Å². The molecule has 0 bridgehead atoms. The van der Waals surface area contributed by atoms with Crippen LogP contribution in [-0.4, -0.2) is 24.3 Å². The highest BCUT2D eigenvalue weighted by molar-refractivity contribution is 7.08. The monoisotopic (exact) mass is 333 g/mol. The molecule has 122 valence electrons. The Bertz CT molecular complexity index is 677. The fraction of sp³-hybridized carbons (Fsp3) is 0.471. The average molecular weight is 333 g/mol. The molecule has 0 aromatic carbocycles. The second kappa shape index (κ2) is 6.28. The van der Waals surface area contributed by atoms with Crippen molar-refractivity contribution in [2.45, 2.75) is 32.6 Å². The van der Waals surface area contributed by atoms with Crippen molar-refractivity contribution in [1.29, 1.82) is 0 Å². The highest BCUT2D eigenvalue weighted by atomic mass is 32.1. The molecule has 2 aliphatic rings. The Balaban J connectivity index is 2.01. The number of ketones is 1. The molecule has 23 heavy (non-hydrogen) atoms. The molecule has 0 fully saturated rings. The number of allylic oxidation sites excluding steroid dienone is 2. The van der Waals surface area contributed by atoms with Gasteiger partial charge in [0.15, 0.2) is 5.78 Å². The van der Waals surface area contributed by atoms with Crippen LogP contribution >= 0.6 is 11.3 Å². The van der Waals surface area contributed by atoms with Crippen LogP contribution in [0, 0.1) is 11.8 Å². The van der Waals surface area contributed by atoms with E-state index in [0.717, 1.165) is 5.56 Å². The topological polar surface area (TPSA) is 72.5 Å². The molecule has 3 atom stereocenters. The van der Waals surface area contributed by atoms with Crippen LogP contribution in [0.3, 0.4) is 0 Å². The number of hydrogen-bond acceptors (Lipinski definition) is 5. The number of nitrogens with one attached hydrogen (secondary N) is 1. The van der Waals surface area contributed by atoms with Crippen molar-refractivity contribution in [3.63, 3.8) is 0 Å². The third-order valence-electron chi connectivity index (χ3n) is 4.48. The molecule has 0 spiro atoms. The lowest BCUT2D eigenvalue weighted by atomic mass is 9.71. The highest BCUT2D eigenvalue weighted by Crippen LogP contribution is 2.42. The van der Waals surface area contributed by atoms with E-state index in [1.54, 1.807) is 6.92 Å². The summed E-state index contributed by atoms with van der Waals surface area (Å²) in [5.74, 6) is -1.95. The zero-order valence-corrected chi connectivity index (χ0v) is 13.9. The van der Waals surface area contributed by atoms with Crippen molar-refractivity contribution in [1.82, 2.24) is 5.32 Å². The van der Waals surface area contributed by atoms with Gasteiger partial charge in [0.05, 0.1) is 6.61 Å². The minimum atomic E-state index is -0.773. The van der Waals surface area contributed by atoms with Crippen molar-refractivity contribution in [2.24, 2.45) is 11.8 Å². The maximum Gasteiger partial charge on any atom is 0.317 e. The van der Waals surface area contributed by atoms with Crippen molar-refractivity contribution >= 4 is 29.0 Å². The smallest absolute Gasteiger partial charge is 0.317 e. The normalized spacial score (nSPS) is 27.5. The standard InChI is InChI=1S/C17H19NO4S/c1-3-22-17(21)14-9(2)6-12-15(16(14)20)11(7-13(19)18-12)10-4-5-23-8-10/h4-5,8-9,11,14H,3,6-7H2,1-2H3,(H,18,19). The van der Waals surface area contributed by atoms with Gasteiger partial charge in [0.1, 0.15) is 5.92 Å². The minimum Gasteiger partial charge on any atom is -0.465 e. The van der Waals surface area contributed by atoms with E-state index in [2.05, 4.69) is 5.32 Å². The summed E-state index contributed by atoms with van der Waals surface area (Å²) in [4.78, 5) is 37.2. The molecule has 0 saturated carbocycles. The lowest BCUT2D eigenvalue weighted by Crippen LogP contribution is -2.44. The largest absolute Gasteiger partial charge is 0.465 e. The Morgan fingerprint density at radius 1 is 1.39 bits per heavy atom. The number of esters is 1. The van der Waals surface area contributed by atoms with E-state index in [4.69, 9.17) is 4.74 Å². The molecule has 1 aliphatic heterocycles. The lowest BCUT2D eigenvalue weighted by Gasteiger charge is -2.36. The lowest BCUT2D eigenvalue weighted by molar-refractivity contribution is -0.153. The number of carbonyl (C=O) groups excluding carboxylic acids is 3. The molecular weight excluding hydrogens is 314 g/mol. The predicted molar refractivity (Wildman–Crippen MR) is 85.8 cm³/mol. The molecule has 1 N–H and O–H groups in total.